The zero-order valence-corrected chi connectivity index (χ0v) is 20.2. The van der Waals surface area contributed by atoms with Gasteiger partial charge in [-0.05, 0) is 54.1 Å². The first-order valence-electron chi connectivity index (χ1n) is 10.4. The normalized spacial score (nSPS) is 14.7. The van der Waals surface area contributed by atoms with E-state index < -0.39 is 12.1 Å². The highest BCUT2D eigenvalue weighted by molar-refractivity contribution is 9.10. The summed E-state index contributed by atoms with van der Waals surface area (Å²) >= 11 is 3.36. The first-order valence-corrected chi connectivity index (χ1v) is 11.2. The Labute approximate surface area is 206 Å². The maximum Gasteiger partial charge on any atom is 0.490 e. The van der Waals surface area contributed by atoms with Crippen LogP contribution in [0.4, 0.5) is 19.0 Å². The number of carbonyl (C=O) groups is 1. The van der Waals surface area contributed by atoms with Crippen molar-refractivity contribution in [3.8, 4) is 11.4 Å². The van der Waals surface area contributed by atoms with Crippen molar-refractivity contribution in [3.63, 3.8) is 0 Å². The van der Waals surface area contributed by atoms with Gasteiger partial charge in [0.1, 0.15) is 12.4 Å². The summed E-state index contributed by atoms with van der Waals surface area (Å²) in [5, 5.41) is 11.2. The number of alkyl halides is 3. The molecule has 3 aromatic rings. The molecule has 0 unspecified atom stereocenters. The number of anilines is 1. The van der Waals surface area contributed by atoms with E-state index in [1.807, 2.05) is 12.1 Å². The number of aromatic nitrogens is 4. The molecule has 1 N–H and O–H groups in total. The van der Waals surface area contributed by atoms with E-state index in [1.165, 1.54) is 10.6 Å². The van der Waals surface area contributed by atoms with Crippen LogP contribution in [0.15, 0.2) is 50.4 Å². The Balaban J connectivity index is 0.000000429. The molecule has 0 aromatic carbocycles. The molecule has 1 aliphatic rings. The fourth-order valence-electron chi connectivity index (χ4n) is 3.19. The van der Waals surface area contributed by atoms with Crippen LogP contribution in [0.5, 0.6) is 0 Å². The van der Waals surface area contributed by atoms with Gasteiger partial charge >= 0.3 is 12.1 Å². The summed E-state index contributed by atoms with van der Waals surface area (Å²) in [6.45, 7) is 4.34. The topological polar surface area (TPSA) is 118 Å². The molecule has 0 atom stereocenters. The van der Waals surface area contributed by atoms with Gasteiger partial charge in [0.15, 0.2) is 0 Å². The number of aliphatic carboxylic acids is 1. The van der Waals surface area contributed by atoms with Crippen LogP contribution in [0.1, 0.15) is 12.3 Å². The summed E-state index contributed by atoms with van der Waals surface area (Å²) in [5.74, 6) is -0.960. The van der Waals surface area contributed by atoms with Crippen LogP contribution in [0.3, 0.4) is 0 Å². The summed E-state index contributed by atoms with van der Waals surface area (Å²) in [4.78, 5) is 34.4. The summed E-state index contributed by atoms with van der Waals surface area (Å²) < 4.78 is 39.4. The SMILES string of the molecule is CN1CCCN(c2ccc(-c3noc(Cn4cc(Br)ccc4=O)n3)cn2)CC1.O=C(O)C(F)(F)F. The highest BCUT2D eigenvalue weighted by atomic mass is 79.9. The molecule has 188 valence electrons. The molecule has 1 aliphatic heterocycles. The lowest BCUT2D eigenvalue weighted by molar-refractivity contribution is -0.192. The van der Waals surface area contributed by atoms with Crippen molar-refractivity contribution in [2.24, 2.45) is 0 Å². The number of likely N-dealkylation sites (N-methyl/N-ethyl adjacent to an activating group) is 1. The largest absolute Gasteiger partial charge is 0.490 e. The van der Waals surface area contributed by atoms with E-state index in [9.17, 15) is 18.0 Å². The molecule has 14 heteroatoms. The van der Waals surface area contributed by atoms with Gasteiger partial charge in [-0.3, -0.25) is 4.79 Å². The zero-order chi connectivity index (χ0) is 25.6. The fraction of sp³-hybridized carbons (Fsp3) is 0.381. The van der Waals surface area contributed by atoms with Crippen LogP contribution in [-0.4, -0.2) is 75.1 Å². The molecule has 1 fully saturated rings. The Morgan fingerprint density at radius 2 is 1.91 bits per heavy atom. The Hall–Kier alpha value is -3.26. The zero-order valence-electron chi connectivity index (χ0n) is 18.6. The lowest BCUT2D eigenvalue weighted by Gasteiger charge is -2.21. The molecule has 0 bridgehead atoms. The number of pyridine rings is 2. The van der Waals surface area contributed by atoms with Crippen molar-refractivity contribution < 1.29 is 27.6 Å². The van der Waals surface area contributed by atoms with E-state index >= 15 is 0 Å². The molecule has 3 aromatic heterocycles. The van der Waals surface area contributed by atoms with Crippen molar-refractivity contribution in [1.29, 1.82) is 0 Å². The second-order valence-corrected chi connectivity index (χ2v) is 8.59. The van der Waals surface area contributed by atoms with E-state index in [0.717, 1.165) is 48.5 Å². The Morgan fingerprint density at radius 1 is 1.17 bits per heavy atom. The van der Waals surface area contributed by atoms with Crippen molar-refractivity contribution in [3.05, 3.63) is 57.4 Å². The smallest absolute Gasteiger partial charge is 0.475 e. The van der Waals surface area contributed by atoms with Gasteiger partial charge in [0.05, 0.1) is 0 Å². The predicted molar refractivity (Wildman–Crippen MR) is 123 cm³/mol. The molecule has 1 saturated heterocycles. The fourth-order valence-corrected chi connectivity index (χ4v) is 3.57. The average Bonchev–Trinajstić information content (AvgIpc) is 3.16. The number of hydrogen-bond donors (Lipinski definition) is 1. The van der Waals surface area contributed by atoms with Crippen LogP contribution in [0, 0.1) is 0 Å². The third-order valence-corrected chi connectivity index (χ3v) is 5.48. The van der Waals surface area contributed by atoms with Gasteiger partial charge in [-0.15, -0.1) is 0 Å². The number of halogens is 4. The van der Waals surface area contributed by atoms with E-state index in [0.29, 0.717) is 11.7 Å². The average molecular weight is 559 g/mol. The maximum absolute atomic E-state index is 11.9. The number of carboxylic acids is 1. The minimum Gasteiger partial charge on any atom is -0.475 e. The van der Waals surface area contributed by atoms with E-state index in [4.69, 9.17) is 14.4 Å². The van der Waals surface area contributed by atoms with Crippen molar-refractivity contribution in [2.75, 3.05) is 38.1 Å². The first kappa shape index (κ1) is 26.3. The number of rotatable bonds is 4. The highest BCUT2D eigenvalue weighted by Gasteiger charge is 2.38. The Bertz CT molecular complexity index is 1200. The molecular formula is C21H22BrF3N6O4. The molecule has 0 spiro atoms. The van der Waals surface area contributed by atoms with Gasteiger partial charge in [0, 0.05) is 48.1 Å². The van der Waals surface area contributed by atoms with Gasteiger partial charge in [0.2, 0.25) is 11.7 Å². The molecule has 4 rings (SSSR count). The monoisotopic (exact) mass is 558 g/mol. The van der Waals surface area contributed by atoms with Crippen LogP contribution < -0.4 is 10.5 Å². The number of nitrogens with zero attached hydrogens (tertiary/aromatic N) is 6. The van der Waals surface area contributed by atoms with Crippen molar-refractivity contribution in [2.45, 2.75) is 19.1 Å². The lowest BCUT2D eigenvalue weighted by atomic mass is 10.2. The summed E-state index contributed by atoms with van der Waals surface area (Å²) in [6, 6.07) is 7.14. The summed E-state index contributed by atoms with van der Waals surface area (Å²) in [5.41, 5.74) is 0.657. The van der Waals surface area contributed by atoms with E-state index in [-0.39, 0.29) is 12.1 Å². The molecule has 10 nitrogen and oxygen atoms in total. The number of hydrogen-bond acceptors (Lipinski definition) is 8. The second-order valence-electron chi connectivity index (χ2n) is 7.68. The first-order chi connectivity index (χ1) is 16.5. The molecule has 0 saturated carbocycles. The third kappa shape index (κ3) is 7.62. The van der Waals surface area contributed by atoms with Gasteiger partial charge < -0.3 is 24.0 Å². The summed E-state index contributed by atoms with van der Waals surface area (Å²) in [6.07, 6.45) is -0.492. The van der Waals surface area contributed by atoms with Gasteiger partial charge in [-0.2, -0.15) is 18.2 Å². The molecular weight excluding hydrogens is 537 g/mol. The van der Waals surface area contributed by atoms with Gasteiger partial charge in [-0.25, -0.2) is 9.78 Å². The minimum atomic E-state index is -5.08. The van der Waals surface area contributed by atoms with Crippen molar-refractivity contribution in [1.82, 2.24) is 24.6 Å². The quantitative estimate of drug-likeness (QED) is 0.515. The maximum atomic E-state index is 11.9. The Morgan fingerprint density at radius 3 is 2.57 bits per heavy atom. The van der Waals surface area contributed by atoms with E-state index in [1.54, 1.807) is 18.5 Å². The van der Waals surface area contributed by atoms with Gasteiger partial charge in [0.25, 0.3) is 5.56 Å². The number of carboxylic acid groups (broad SMARTS) is 1. The molecule has 0 aliphatic carbocycles. The lowest BCUT2D eigenvalue weighted by Crippen LogP contribution is -2.29. The highest BCUT2D eigenvalue weighted by Crippen LogP contribution is 2.20. The Kier molecular flexibility index (Phi) is 8.62. The molecule has 0 radical (unpaired) electrons. The third-order valence-electron chi connectivity index (χ3n) is 5.01. The van der Waals surface area contributed by atoms with Crippen LogP contribution in [0.25, 0.3) is 11.4 Å². The second kappa shape index (κ2) is 11.4. The van der Waals surface area contributed by atoms with Crippen LogP contribution in [0.2, 0.25) is 0 Å². The molecule has 0 amide bonds. The summed E-state index contributed by atoms with van der Waals surface area (Å²) in [7, 11) is 2.15. The molecule has 4 heterocycles. The van der Waals surface area contributed by atoms with Crippen molar-refractivity contribution >= 4 is 27.7 Å². The van der Waals surface area contributed by atoms with Crippen LogP contribution in [-0.2, 0) is 11.3 Å². The minimum absolute atomic E-state index is 0.128. The molecule has 35 heavy (non-hydrogen) atoms. The van der Waals surface area contributed by atoms with Gasteiger partial charge in [-0.1, -0.05) is 5.16 Å². The predicted octanol–water partition coefficient (Wildman–Crippen LogP) is 2.88. The van der Waals surface area contributed by atoms with E-state index in [2.05, 4.69) is 47.9 Å². The standard InChI is InChI=1S/C19H21BrN6O2.C2HF3O2/c1-24-7-2-8-25(10-9-24)16-5-3-14(11-21-16)19-22-17(28-23-19)13-26-12-15(20)4-6-18(26)27;3-2(4,5)1(6)7/h3-6,11-12H,2,7-10,13H2,1H3;(H,6,7). The van der Waals surface area contributed by atoms with Crippen LogP contribution >= 0.6 is 15.9 Å².